The first-order valence-corrected chi connectivity index (χ1v) is 7.14. The molecule has 2 aromatic heterocycles. The first kappa shape index (κ1) is 14.3. The fourth-order valence-corrected chi connectivity index (χ4v) is 2.34. The second kappa shape index (κ2) is 6.39. The molecule has 0 amide bonds. The van der Waals surface area contributed by atoms with Crippen LogP contribution in [0.4, 0.5) is 10.1 Å². The van der Waals surface area contributed by atoms with Crippen LogP contribution in [0.15, 0.2) is 61.2 Å². The van der Waals surface area contributed by atoms with E-state index in [2.05, 4.69) is 27.5 Å². The first-order valence-electron chi connectivity index (χ1n) is 7.14. The zero-order valence-corrected chi connectivity index (χ0v) is 12.3. The lowest BCUT2D eigenvalue weighted by molar-refractivity contribution is 0.616. The molecule has 2 heterocycles. The van der Waals surface area contributed by atoms with Crippen molar-refractivity contribution in [3.8, 4) is 0 Å². The fourth-order valence-electron chi connectivity index (χ4n) is 2.34. The highest BCUT2D eigenvalue weighted by molar-refractivity contribution is 5.47. The number of hydrogen-bond donors (Lipinski definition) is 1. The number of rotatable bonds is 5. The zero-order chi connectivity index (χ0) is 15.4. The van der Waals surface area contributed by atoms with E-state index in [9.17, 15) is 4.39 Å². The smallest absolute Gasteiger partial charge is 0.141 e. The van der Waals surface area contributed by atoms with Gasteiger partial charge in [-0.25, -0.2) is 4.39 Å². The van der Waals surface area contributed by atoms with Gasteiger partial charge in [-0.15, -0.1) is 0 Å². The number of pyridine rings is 1. The minimum Gasteiger partial charge on any atom is -0.378 e. The van der Waals surface area contributed by atoms with Crippen molar-refractivity contribution in [2.24, 2.45) is 0 Å². The van der Waals surface area contributed by atoms with E-state index in [0.717, 1.165) is 23.4 Å². The molecule has 0 bridgehead atoms. The van der Waals surface area contributed by atoms with E-state index in [1.807, 2.05) is 36.0 Å². The van der Waals surface area contributed by atoms with Crippen molar-refractivity contribution in [1.82, 2.24) is 14.8 Å². The van der Waals surface area contributed by atoms with Crippen LogP contribution in [0, 0.1) is 5.82 Å². The maximum atomic E-state index is 13.2. The molecule has 1 aromatic carbocycles. The largest absolute Gasteiger partial charge is 0.378 e. The van der Waals surface area contributed by atoms with Gasteiger partial charge < -0.3 is 5.32 Å². The Bertz CT molecular complexity index is 740. The molecule has 112 valence electrons. The van der Waals surface area contributed by atoms with Crippen LogP contribution in [0.5, 0.6) is 0 Å². The molecule has 0 aliphatic heterocycles. The summed E-state index contributed by atoms with van der Waals surface area (Å²) in [7, 11) is 0. The van der Waals surface area contributed by atoms with Gasteiger partial charge in [-0.05, 0) is 42.3 Å². The second-order valence-corrected chi connectivity index (χ2v) is 5.21. The van der Waals surface area contributed by atoms with E-state index in [-0.39, 0.29) is 11.9 Å². The van der Waals surface area contributed by atoms with Crippen molar-refractivity contribution in [3.63, 3.8) is 0 Å². The van der Waals surface area contributed by atoms with Crippen LogP contribution < -0.4 is 5.32 Å². The lowest BCUT2D eigenvalue weighted by Gasteiger charge is -2.16. The number of benzene rings is 1. The third-order valence-electron chi connectivity index (χ3n) is 3.44. The Morgan fingerprint density at radius 1 is 1.23 bits per heavy atom. The van der Waals surface area contributed by atoms with Crippen LogP contribution >= 0.6 is 0 Å². The Morgan fingerprint density at radius 3 is 2.91 bits per heavy atom. The summed E-state index contributed by atoms with van der Waals surface area (Å²) < 4.78 is 15.1. The highest BCUT2D eigenvalue weighted by Crippen LogP contribution is 2.20. The fraction of sp³-hybridized carbons (Fsp3) is 0.176. The molecule has 4 nitrogen and oxygen atoms in total. The minimum absolute atomic E-state index is 0.0249. The highest BCUT2D eigenvalue weighted by atomic mass is 19.1. The van der Waals surface area contributed by atoms with Gasteiger partial charge in [0.05, 0.1) is 18.8 Å². The van der Waals surface area contributed by atoms with Crippen molar-refractivity contribution in [2.75, 3.05) is 5.32 Å². The van der Waals surface area contributed by atoms with Crippen LogP contribution in [0.2, 0.25) is 0 Å². The van der Waals surface area contributed by atoms with Gasteiger partial charge in [0.2, 0.25) is 0 Å². The summed E-state index contributed by atoms with van der Waals surface area (Å²) in [6.07, 6.45) is 6.58. The maximum absolute atomic E-state index is 13.2. The van der Waals surface area contributed by atoms with Gasteiger partial charge in [-0.3, -0.25) is 9.67 Å². The molecule has 0 unspecified atom stereocenters. The standard InChI is InChI=1S/C17H17FN4/c1-13(15-9-16(18)11-19-10-15)21-17-5-2-4-14(8-17)12-22-7-3-6-20-22/h2-11,13,21H,12H2,1H3/t13-/m0/s1. The summed E-state index contributed by atoms with van der Waals surface area (Å²) >= 11 is 0. The summed E-state index contributed by atoms with van der Waals surface area (Å²) in [4.78, 5) is 3.89. The molecule has 22 heavy (non-hydrogen) atoms. The Kier molecular flexibility index (Phi) is 4.14. The number of halogens is 1. The quantitative estimate of drug-likeness (QED) is 0.781. The molecule has 0 radical (unpaired) electrons. The molecule has 3 aromatic rings. The summed E-state index contributed by atoms with van der Waals surface area (Å²) in [5.74, 6) is -0.321. The summed E-state index contributed by atoms with van der Waals surface area (Å²) in [6, 6.07) is 11.5. The van der Waals surface area contributed by atoms with Gasteiger partial charge in [0.1, 0.15) is 5.82 Å². The Morgan fingerprint density at radius 2 is 2.14 bits per heavy atom. The van der Waals surface area contributed by atoms with Crippen molar-refractivity contribution in [2.45, 2.75) is 19.5 Å². The third-order valence-corrected chi connectivity index (χ3v) is 3.44. The van der Waals surface area contributed by atoms with Crippen molar-refractivity contribution in [3.05, 3.63) is 78.1 Å². The highest BCUT2D eigenvalue weighted by Gasteiger charge is 2.07. The first-order chi connectivity index (χ1) is 10.7. The van der Waals surface area contributed by atoms with Crippen LogP contribution in [0.3, 0.4) is 0 Å². The van der Waals surface area contributed by atoms with Crippen molar-refractivity contribution in [1.29, 1.82) is 0 Å². The monoisotopic (exact) mass is 296 g/mol. The molecular weight excluding hydrogens is 279 g/mol. The molecule has 0 saturated carbocycles. The van der Waals surface area contributed by atoms with E-state index in [1.165, 1.54) is 12.3 Å². The van der Waals surface area contributed by atoms with Crippen LogP contribution in [0.1, 0.15) is 24.1 Å². The van der Waals surface area contributed by atoms with Gasteiger partial charge >= 0.3 is 0 Å². The summed E-state index contributed by atoms with van der Waals surface area (Å²) in [5.41, 5.74) is 2.96. The summed E-state index contributed by atoms with van der Waals surface area (Å²) in [6.45, 7) is 2.70. The number of anilines is 1. The average Bonchev–Trinajstić information content (AvgIpc) is 3.00. The van der Waals surface area contributed by atoms with E-state index in [0.29, 0.717) is 0 Å². The predicted molar refractivity (Wildman–Crippen MR) is 84.0 cm³/mol. The van der Waals surface area contributed by atoms with Gasteiger partial charge in [-0.2, -0.15) is 5.10 Å². The minimum atomic E-state index is -0.321. The molecular formula is C17H17FN4. The summed E-state index contributed by atoms with van der Waals surface area (Å²) in [5, 5.41) is 7.57. The van der Waals surface area contributed by atoms with Gasteiger partial charge in [0, 0.05) is 24.3 Å². The molecule has 1 N–H and O–H groups in total. The maximum Gasteiger partial charge on any atom is 0.141 e. The molecule has 3 rings (SSSR count). The average molecular weight is 296 g/mol. The van der Waals surface area contributed by atoms with E-state index < -0.39 is 0 Å². The number of nitrogens with zero attached hydrogens (tertiary/aromatic N) is 3. The lowest BCUT2D eigenvalue weighted by atomic mass is 10.1. The molecule has 0 fully saturated rings. The Labute approximate surface area is 128 Å². The Hall–Kier alpha value is -2.69. The Balaban J connectivity index is 1.72. The van der Waals surface area contributed by atoms with Crippen LogP contribution in [-0.2, 0) is 6.54 Å². The lowest BCUT2D eigenvalue weighted by Crippen LogP contribution is -2.08. The van der Waals surface area contributed by atoms with E-state index in [1.54, 1.807) is 12.4 Å². The normalized spacial score (nSPS) is 12.1. The topological polar surface area (TPSA) is 42.7 Å². The predicted octanol–water partition coefficient (Wildman–Crippen LogP) is 3.64. The molecule has 0 aliphatic rings. The van der Waals surface area contributed by atoms with Crippen LogP contribution in [-0.4, -0.2) is 14.8 Å². The molecule has 0 spiro atoms. The van der Waals surface area contributed by atoms with Gasteiger partial charge in [-0.1, -0.05) is 12.1 Å². The number of nitrogens with one attached hydrogen (secondary N) is 1. The molecule has 0 aliphatic carbocycles. The molecule has 1 atom stereocenters. The van der Waals surface area contributed by atoms with Gasteiger partial charge in [0.25, 0.3) is 0 Å². The van der Waals surface area contributed by atoms with Crippen LogP contribution in [0.25, 0.3) is 0 Å². The SMILES string of the molecule is C[C@H](Nc1cccc(Cn2cccn2)c1)c1cncc(F)c1. The molecule has 0 saturated heterocycles. The zero-order valence-electron chi connectivity index (χ0n) is 12.3. The third kappa shape index (κ3) is 3.49. The second-order valence-electron chi connectivity index (χ2n) is 5.21. The van der Waals surface area contributed by atoms with E-state index >= 15 is 0 Å². The van der Waals surface area contributed by atoms with E-state index in [4.69, 9.17) is 0 Å². The number of aromatic nitrogens is 3. The molecule has 5 heteroatoms. The van der Waals surface area contributed by atoms with Crippen molar-refractivity contribution >= 4 is 5.69 Å². The number of hydrogen-bond acceptors (Lipinski definition) is 3. The van der Waals surface area contributed by atoms with Gasteiger partial charge in [0.15, 0.2) is 0 Å². The van der Waals surface area contributed by atoms with Crippen molar-refractivity contribution < 1.29 is 4.39 Å².